The van der Waals surface area contributed by atoms with Crippen LogP contribution in [0, 0.1) is 0 Å². The molecule has 2 rings (SSSR count). The van der Waals surface area contributed by atoms with Gasteiger partial charge in [-0.1, -0.05) is 18.2 Å². The number of hydrogen-bond acceptors (Lipinski definition) is 5. The molecule has 0 aliphatic rings. The highest BCUT2D eigenvalue weighted by Gasteiger charge is 2.17. The summed E-state index contributed by atoms with van der Waals surface area (Å²) in [5, 5.41) is 12.5. The second-order valence-corrected chi connectivity index (χ2v) is 7.93. The molecule has 0 fully saturated rings. The second-order valence-electron chi connectivity index (χ2n) is 5.37. The van der Waals surface area contributed by atoms with Crippen LogP contribution < -0.4 is 16.2 Å². The zero-order valence-electron chi connectivity index (χ0n) is 14.1. The molecular weight excluding hydrogens is 376 g/mol. The average Bonchev–Trinajstić information content (AvgIpc) is 2.60. The molecule has 0 atom stereocenters. The number of nitrogens with one attached hydrogen (secondary N) is 3. The number of para-hydroxylation sites is 1. The summed E-state index contributed by atoms with van der Waals surface area (Å²) in [4.78, 5) is 12.1. The van der Waals surface area contributed by atoms with Gasteiger partial charge in [-0.2, -0.15) is 0 Å². The van der Waals surface area contributed by atoms with E-state index in [9.17, 15) is 18.3 Å². The molecule has 0 saturated heterocycles. The van der Waals surface area contributed by atoms with Gasteiger partial charge in [-0.15, -0.1) is 0 Å². The lowest BCUT2D eigenvalue weighted by Gasteiger charge is -2.14. The van der Waals surface area contributed by atoms with Gasteiger partial charge in [-0.25, -0.2) is 12.7 Å². The van der Waals surface area contributed by atoms with Crippen LogP contribution in [0.25, 0.3) is 0 Å². The van der Waals surface area contributed by atoms with E-state index >= 15 is 0 Å². The minimum absolute atomic E-state index is 0.0492. The van der Waals surface area contributed by atoms with Crippen LogP contribution in [0.5, 0.6) is 5.75 Å². The molecule has 0 heterocycles. The van der Waals surface area contributed by atoms with Crippen molar-refractivity contribution in [1.82, 2.24) is 15.2 Å². The maximum Gasteiger partial charge on any atom is 0.273 e. The minimum Gasteiger partial charge on any atom is -0.507 e. The smallest absolute Gasteiger partial charge is 0.273 e. The molecule has 0 radical (unpaired) electrons. The molecule has 0 spiro atoms. The summed E-state index contributed by atoms with van der Waals surface area (Å²) in [6.07, 6.45) is 0. The van der Waals surface area contributed by atoms with Crippen molar-refractivity contribution in [2.75, 3.05) is 19.4 Å². The highest BCUT2D eigenvalue weighted by atomic mass is 32.2. The predicted octanol–water partition coefficient (Wildman–Crippen LogP) is 1.27. The van der Waals surface area contributed by atoms with E-state index in [2.05, 4.69) is 16.2 Å². The highest BCUT2D eigenvalue weighted by Crippen LogP contribution is 2.18. The van der Waals surface area contributed by atoms with Crippen molar-refractivity contribution in [2.24, 2.45) is 0 Å². The van der Waals surface area contributed by atoms with Gasteiger partial charge in [0, 0.05) is 19.8 Å². The van der Waals surface area contributed by atoms with Gasteiger partial charge in [0.25, 0.3) is 5.91 Å². The van der Waals surface area contributed by atoms with Crippen LogP contribution in [-0.2, 0) is 10.0 Å². The number of hydrogen-bond donors (Lipinski definition) is 4. The molecule has 1 amide bonds. The number of carbonyl (C=O) groups excluding carboxylic acids is 1. The molecule has 138 valence electrons. The Morgan fingerprint density at radius 2 is 1.77 bits per heavy atom. The number of thiocarbonyl (C=S) groups is 1. The third-order valence-corrected chi connectivity index (χ3v) is 5.32. The fourth-order valence-corrected chi connectivity index (χ4v) is 3.07. The topological polar surface area (TPSA) is 111 Å². The number of phenolic OH excluding ortho intramolecular Hbond substituents is 1. The number of anilines is 1. The van der Waals surface area contributed by atoms with E-state index in [0.717, 1.165) is 4.31 Å². The standard InChI is InChI=1S/C16H18N4O4S2/c1-20(2)26(23,24)12-7-5-6-11(10-12)17-16(25)19-18-15(22)13-8-3-4-9-14(13)21/h3-10,21H,1-2H3,(H,18,22)(H2,17,19,25). The van der Waals surface area contributed by atoms with Crippen molar-refractivity contribution in [2.45, 2.75) is 4.90 Å². The lowest BCUT2D eigenvalue weighted by atomic mass is 10.2. The molecular formula is C16H18N4O4S2. The first-order chi connectivity index (χ1) is 12.2. The van der Waals surface area contributed by atoms with Crippen molar-refractivity contribution in [3.05, 3.63) is 54.1 Å². The Kier molecular flexibility index (Phi) is 6.14. The highest BCUT2D eigenvalue weighted by molar-refractivity contribution is 7.89. The SMILES string of the molecule is CN(C)S(=O)(=O)c1cccc(NC(=S)NNC(=O)c2ccccc2O)c1. The largest absolute Gasteiger partial charge is 0.507 e. The first-order valence-electron chi connectivity index (χ1n) is 7.40. The number of carbonyl (C=O) groups is 1. The van der Waals surface area contributed by atoms with Crippen LogP contribution >= 0.6 is 12.2 Å². The van der Waals surface area contributed by atoms with Crippen molar-refractivity contribution >= 4 is 38.9 Å². The van der Waals surface area contributed by atoms with Crippen LogP contribution in [0.3, 0.4) is 0 Å². The van der Waals surface area contributed by atoms with E-state index < -0.39 is 15.9 Å². The maximum absolute atomic E-state index is 12.1. The molecule has 0 bridgehead atoms. The van der Waals surface area contributed by atoms with Crippen LogP contribution in [0.4, 0.5) is 5.69 Å². The van der Waals surface area contributed by atoms with Gasteiger partial charge in [-0.3, -0.25) is 15.6 Å². The van der Waals surface area contributed by atoms with Crippen LogP contribution in [-0.4, -0.2) is 42.9 Å². The van der Waals surface area contributed by atoms with Gasteiger partial charge in [0.15, 0.2) is 5.11 Å². The third-order valence-electron chi connectivity index (χ3n) is 3.31. The summed E-state index contributed by atoms with van der Waals surface area (Å²) in [5.74, 6) is -0.733. The first kappa shape index (κ1) is 19.6. The fourth-order valence-electron chi connectivity index (χ4n) is 1.95. The number of benzene rings is 2. The number of nitrogens with zero attached hydrogens (tertiary/aromatic N) is 1. The summed E-state index contributed by atoms with van der Waals surface area (Å²) >= 11 is 5.07. The van der Waals surface area contributed by atoms with Gasteiger partial charge in [0.1, 0.15) is 5.75 Å². The lowest BCUT2D eigenvalue weighted by molar-refractivity contribution is 0.0941. The van der Waals surface area contributed by atoms with Crippen molar-refractivity contribution in [3.63, 3.8) is 0 Å². The third kappa shape index (κ3) is 4.69. The molecule has 0 aliphatic heterocycles. The fraction of sp³-hybridized carbons (Fsp3) is 0.125. The van der Waals surface area contributed by atoms with Gasteiger partial charge in [0.05, 0.1) is 10.5 Å². The zero-order valence-corrected chi connectivity index (χ0v) is 15.7. The van der Waals surface area contributed by atoms with Gasteiger partial charge in [-0.05, 0) is 42.5 Å². The molecule has 0 saturated carbocycles. The Morgan fingerprint density at radius 3 is 2.42 bits per heavy atom. The van der Waals surface area contributed by atoms with Gasteiger partial charge < -0.3 is 10.4 Å². The van der Waals surface area contributed by atoms with E-state index in [1.54, 1.807) is 24.3 Å². The van der Waals surface area contributed by atoms with E-state index in [1.807, 2.05) is 0 Å². The zero-order chi connectivity index (χ0) is 19.3. The van der Waals surface area contributed by atoms with Gasteiger partial charge in [0.2, 0.25) is 10.0 Å². The Bertz CT molecular complexity index is 929. The second kappa shape index (κ2) is 8.13. The lowest BCUT2D eigenvalue weighted by Crippen LogP contribution is -2.43. The number of sulfonamides is 1. The van der Waals surface area contributed by atoms with Crippen molar-refractivity contribution in [3.8, 4) is 5.75 Å². The minimum atomic E-state index is -3.57. The monoisotopic (exact) mass is 394 g/mol. The Morgan fingerprint density at radius 1 is 1.08 bits per heavy atom. The Balaban J connectivity index is 2.00. The maximum atomic E-state index is 12.1. The summed E-state index contributed by atoms with van der Waals surface area (Å²) in [6, 6.07) is 12.2. The number of aromatic hydroxyl groups is 1. The molecule has 0 unspecified atom stereocenters. The molecule has 0 aromatic heterocycles. The van der Waals surface area contributed by atoms with E-state index in [1.165, 1.54) is 38.4 Å². The van der Waals surface area contributed by atoms with Crippen molar-refractivity contribution in [1.29, 1.82) is 0 Å². The van der Waals surface area contributed by atoms with Crippen molar-refractivity contribution < 1.29 is 18.3 Å². The Hall–Kier alpha value is -2.69. The number of phenols is 1. The van der Waals surface area contributed by atoms with E-state index in [-0.39, 0.29) is 21.3 Å². The number of hydrazine groups is 1. The summed E-state index contributed by atoms with van der Waals surface area (Å²) in [7, 11) is -0.688. The molecule has 2 aromatic rings. The molecule has 8 nitrogen and oxygen atoms in total. The first-order valence-corrected chi connectivity index (χ1v) is 9.24. The molecule has 0 aliphatic carbocycles. The van der Waals surface area contributed by atoms with E-state index in [4.69, 9.17) is 12.2 Å². The van der Waals surface area contributed by atoms with Gasteiger partial charge >= 0.3 is 0 Å². The van der Waals surface area contributed by atoms with Crippen LogP contribution in [0.2, 0.25) is 0 Å². The molecule has 26 heavy (non-hydrogen) atoms. The number of rotatable bonds is 4. The molecule has 10 heteroatoms. The quantitative estimate of drug-likeness (QED) is 0.457. The average molecular weight is 394 g/mol. The normalized spacial score (nSPS) is 11.0. The Labute approximate surface area is 156 Å². The summed E-state index contributed by atoms with van der Waals surface area (Å²) in [6.45, 7) is 0. The molecule has 2 aromatic carbocycles. The summed E-state index contributed by atoms with van der Waals surface area (Å²) in [5.41, 5.74) is 5.35. The number of amides is 1. The van der Waals surface area contributed by atoms with E-state index in [0.29, 0.717) is 5.69 Å². The van der Waals surface area contributed by atoms with Crippen LogP contribution in [0.15, 0.2) is 53.4 Å². The van der Waals surface area contributed by atoms with Crippen LogP contribution in [0.1, 0.15) is 10.4 Å². The summed E-state index contributed by atoms with van der Waals surface area (Å²) < 4.78 is 25.4. The predicted molar refractivity (Wildman–Crippen MR) is 102 cm³/mol. The molecule has 4 N–H and O–H groups in total.